The van der Waals surface area contributed by atoms with E-state index in [2.05, 4.69) is 0 Å². The Balaban J connectivity index is 2.00. The molecule has 0 saturated heterocycles. The number of carbonyl (C=O) groups excluding carboxylic acids is 1. The quantitative estimate of drug-likeness (QED) is 0.836. The molecule has 0 fully saturated rings. The van der Waals surface area contributed by atoms with Crippen molar-refractivity contribution in [2.45, 2.75) is 32.4 Å². The van der Waals surface area contributed by atoms with Crippen molar-refractivity contribution in [3.8, 4) is 5.75 Å². The van der Waals surface area contributed by atoms with Crippen molar-refractivity contribution in [3.05, 3.63) is 59.9 Å². The van der Waals surface area contributed by atoms with E-state index in [1.807, 2.05) is 37.3 Å². The van der Waals surface area contributed by atoms with Gasteiger partial charge in [-0.25, -0.2) is 4.39 Å². The monoisotopic (exact) mass is 299 g/mol. The number of hydrogen-bond acceptors (Lipinski definition) is 2. The first-order chi connectivity index (χ1) is 10.6. The minimum absolute atomic E-state index is 0.00386. The summed E-state index contributed by atoms with van der Waals surface area (Å²) in [5.74, 6) is 0.378. The molecule has 1 aliphatic rings. The number of rotatable bonds is 2. The van der Waals surface area contributed by atoms with E-state index in [4.69, 9.17) is 4.74 Å². The molecule has 4 heteroatoms. The number of para-hydroxylation sites is 1. The fourth-order valence-electron chi connectivity index (χ4n) is 3.04. The number of fused-ring (bicyclic) bond motifs is 1. The van der Waals surface area contributed by atoms with Crippen molar-refractivity contribution >= 4 is 11.6 Å². The molecule has 0 spiro atoms. The second-order valence-corrected chi connectivity index (χ2v) is 5.60. The molecule has 2 atom stereocenters. The summed E-state index contributed by atoms with van der Waals surface area (Å²) in [5, 5.41) is 0. The number of ether oxygens (including phenoxy) is 1. The van der Waals surface area contributed by atoms with Crippen LogP contribution < -0.4 is 9.64 Å². The van der Waals surface area contributed by atoms with E-state index in [1.54, 1.807) is 11.0 Å². The second-order valence-electron chi connectivity index (χ2n) is 5.60. The summed E-state index contributed by atoms with van der Waals surface area (Å²) in [6, 6.07) is 14.0. The van der Waals surface area contributed by atoms with Crippen molar-refractivity contribution in [1.82, 2.24) is 0 Å². The summed E-state index contributed by atoms with van der Waals surface area (Å²) in [6.07, 6.45) is 0.365. The van der Waals surface area contributed by atoms with Gasteiger partial charge in [0.05, 0.1) is 5.69 Å². The second kappa shape index (κ2) is 5.79. The normalized spacial score (nSPS) is 20.4. The Labute approximate surface area is 129 Å². The SMILES string of the molecule is CC(=O)N1c2ccc(F)cc2[C@H](Oc2ccccc2)C[C@@H]1C. The molecule has 0 aliphatic carbocycles. The lowest BCUT2D eigenvalue weighted by atomic mass is 9.93. The van der Waals surface area contributed by atoms with Crippen LogP contribution in [0.3, 0.4) is 0 Å². The summed E-state index contributed by atoms with van der Waals surface area (Å²) in [5.41, 5.74) is 1.45. The van der Waals surface area contributed by atoms with Crippen LogP contribution >= 0.6 is 0 Å². The van der Waals surface area contributed by atoms with Gasteiger partial charge in [0, 0.05) is 24.9 Å². The smallest absolute Gasteiger partial charge is 0.224 e. The largest absolute Gasteiger partial charge is 0.486 e. The minimum Gasteiger partial charge on any atom is -0.486 e. The molecule has 3 nitrogen and oxygen atoms in total. The van der Waals surface area contributed by atoms with Gasteiger partial charge in [0.25, 0.3) is 0 Å². The third-order valence-corrected chi connectivity index (χ3v) is 3.95. The first-order valence-corrected chi connectivity index (χ1v) is 7.37. The van der Waals surface area contributed by atoms with Gasteiger partial charge in [0.2, 0.25) is 5.91 Å². The molecule has 0 radical (unpaired) electrons. The van der Waals surface area contributed by atoms with E-state index in [0.29, 0.717) is 6.42 Å². The molecule has 114 valence electrons. The molecule has 1 heterocycles. The van der Waals surface area contributed by atoms with Crippen LogP contribution in [0, 0.1) is 5.82 Å². The van der Waals surface area contributed by atoms with E-state index in [-0.39, 0.29) is 23.9 Å². The van der Waals surface area contributed by atoms with Crippen molar-refractivity contribution in [3.63, 3.8) is 0 Å². The van der Waals surface area contributed by atoms with Crippen LogP contribution in [0.25, 0.3) is 0 Å². The average Bonchev–Trinajstić information content (AvgIpc) is 2.48. The zero-order valence-corrected chi connectivity index (χ0v) is 12.6. The van der Waals surface area contributed by atoms with Crippen molar-refractivity contribution in [2.24, 2.45) is 0 Å². The summed E-state index contributed by atoms with van der Waals surface area (Å²) >= 11 is 0. The van der Waals surface area contributed by atoms with Crippen LogP contribution in [-0.2, 0) is 4.79 Å². The molecule has 2 aromatic rings. The van der Waals surface area contributed by atoms with Crippen molar-refractivity contribution in [1.29, 1.82) is 0 Å². The highest BCUT2D eigenvalue weighted by Crippen LogP contribution is 2.40. The number of hydrogen-bond donors (Lipinski definition) is 0. The lowest BCUT2D eigenvalue weighted by molar-refractivity contribution is -0.117. The lowest BCUT2D eigenvalue weighted by Crippen LogP contribution is -2.42. The molecule has 2 aromatic carbocycles. The third kappa shape index (κ3) is 2.69. The van der Waals surface area contributed by atoms with Crippen molar-refractivity contribution in [2.75, 3.05) is 4.90 Å². The van der Waals surface area contributed by atoms with E-state index in [0.717, 1.165) is 17.0 Å². The number of amides is 1. The van der Waals surface area contributed by atoms with E-state index < -0.39 is 0 Å². The maximum absolute atomic E-state index is 13.7. The Hall–Kier alpha value is -2.36. The Morgan fingerprint density at radius 3 is 2.64 bits per heavy atom. The highest BCUT2D eigenvalue weighted by Gasteiger charge is 2.33. The van der Waals surface area contributed by atoms with Crippen LogP contribution in [0.2, 0.25) is 0 Å². The summed E-state index contributed by atoms with van der Waals surface area (Å²) in [4.78, 5) is 13.6. The van der Waals surface area contributed by atoms with Crippen LogP contribution in [0.1, 0.15) is 31.9 Å². The number of anilines is 1. The van der Waals surface area contributed by atoms with Crippen LogP contribution in [0.4, 0.5) is 10.1 Å². The van der Waals surface area contributed by atoms with Gasteiger partial charge >= 0.3 is 0 Å². The Morgan fingerprint density at radius 2 is 1.95 bits per heavy atom. The Kier molecular flexibility index (Phi) is 3.84. The number of carbonyl (C=O) groups is 1. The molecular weight excluding hydrogens is 281 g/mol. The third-order valence-electron chi connectivity index (χ3n) is 3.95. The maximum atomic E-state index is 13.7. The minimum atomic E-state index is -0.321. The fraction of sp³-hybridized carbons (Fsp3) is 0.278. The molecule has 0 saturated carbocycles. The maximum Gasteiger partial charge on any atom is 0.224 e. The molecule has 1 amide bonds. The van der Waals surface area contributed by atoms with Gasteiger partial charge in [-0.1, -0.05) is 18.2 Å². The van der Waals surface area contributed by atoms with E-state index in [9.17, 15) is 9.18 Å². The molecule has 0 N–H and O–H groups in total. The highest BCUT2D eigenvalue weighted by molar-refractivity contribution is 5.93. The number of benzene rings is 2. The Morgan fingerprint density at radius 1 is 1.23 bits per heavy atom. The Bertz CT molecular complexity index is 687. The molecule has 1 aliphatic heterocycles. The highest BCUT2D eigenvalue weighted by atomic mass is 19.1. The predicted octanol–water partition coefficient (Wildman–Crippen LogP) is 4.09. The molecular formula is C18H18FNO2. The van der Waals surface area contributed by atoms with Crippen LogP contribution in [-0.4, -0.2) is 11.9 Å². The van der Waals surface area contributed by atoms with Crippen LogP contribution in [0.5, 0.6) is 5.75 Å². The summed E-state index contributed by atoms with van der Waals surface area (Å²) in [6.45, 7) is 3.51. The van der Waals surface area contributed by atoms with Gasteiger partial charge in [-0.3, -0.25) is 4.79 Å². The topological polar surface area (TPSA) is 29.5 Å². The lowest BCUT2D eigenvalue weighted by Gasteiger charge is -2.38. The number of nitrogens with zero attached hydrogens (tertiary/aromatic N) is 1. The molecule has 0 unspecified atom stereocenters. The van der Waals surface area contributed by atoms with Gasteiger partial charge in [-0.05, 0) is 37.3 Å². The first-order valence-electron chi connectivity index (χ1n) is 7.37. The van der Waals surface area contributed by atoms with E-state index in [1.165, 1.54) is 19.1 Å². The standard InChI is InChI=1S/C18H18FNO2/c1-12-10-18(22-15-6-4-3-5-7-15)16-11-14(19)8-9-17(16)20(12)13(2)21/h3-9,11-12,18H,10H2,1-2H3/t12-,18+/m0/s1. The molecule has 3 rings (SSSR count). The van der Waals surface area contributed by atoms with Gasteiger partial charge in [0.1, 0.15) is 17.7 Å². The van der Waals surface area contributed by atoms with Gasteiger partial charge in [-0.2, -0.15) is 0 Å². The average molecular weight is 299 g/mol. The predicted molar refractivity (Wildman–Crippen MR) is 83.5 cm³/mol. The summed E-state index contributed by atoms with van der Waals surface area (Å²) < 4.78 is 19.7. The van der Waals surface area contributed by atoms with Crippen molar-refractivity contribution < 1.29 is 13.9 Å². The molecule has 0 aromatic heterocycles. The van der Waals surface area contributed by atoms with Gasteiger partial charge < -0.3 is 9.64 Å². The fourth-order valence-corrected chi connectivity index (χ4v) is 3.04. The first kappa shape index (κ1) is 14.6. The van der Waals surface area contributed by atoms with E-state index >= 15 is 0 Å². The van der Waals surface area contributed by atoms with Gasteiger partial charge in [0.15, 0.2) is 0 Å². The molecule has 0 bridgehead atoms. The zero-order chi connectivity index (χ0) is 15.7. The summed E-state index contributed by atoms with van der Waals surface area (Å²) in [7, 11) is 0. The zero-order valence-electron chi connectivity index (χ0n) is 12.6. The van der Waals surface area contributed by atoms with Crippen LogP contribution in [0.15, 0.2) is 48.5 Å². The molecule has 22 heavy (non-hydrogen) atoms. The number of halogens is 1. The van der Waals surface area contributed by atoms with Gasteiger partial charge in [-0.15, -0.1) is 0 Å².